The maximum Gasteiger partial charge on any atom is 0.189 e. The lowest BCUT2D eigenvalue weighted by Gasteiger charge is -2.30. The number of piperidine rings is 1. The number of likely N-dealkylation sites (tertiary alicyclic amines) is 1. The van der Waals surface area contributed by atoms with Gasteiger partial charge in [0.2, 0.25) is 0 Å². The minimum absolute atomic E-state index is 0.114. The third-order valence-electron chi connectivity index (χ3n) is 3.86. The van der Waals surface area contributed by atoms with Gasteiger partial charge >= 0.3 is 0 Å². The molecule has 0 bridgehead atoms. The van der Waals surface area contributed by atoms with Gasteiger partial charge in [0.05, 0.1) is 6.04 Å². The first-order valence-electron chi connectivity index (χ1n) is 6.85. The molecule has 1 N–H and O–H groups in total. The van der Waals surface area contributed by atoms with E-state index in [-0.39, 0.29) is 5.78 Å². The minimum atomic E-state index is -3.34. The Morgan fingerprint density at radius 2 is 2.21 bits per heavy atom. The van der Waals surface area contributed by atoms with Crippen molar-refractivity contribution in [3.8, 4) is 0 Å². The van der Waals surface area contributed by atoms with Crippen LogP contribution in [0, 0.1) is 5.92 Å². The lowest BCUT2D eigenvalue weighted by atomic mass is 9.98. The number of hydrogen-bond acceptors (Lipinski definition) is 5. The second-order valence-corrected chi connectivity index (χ2v) is 7.35. The van der Waals surface area contributed by atoms with Crippen molar-refractivity contribution in [3.05, 3.63) is 11.5 Å². The Morgan fingerprint density at radius 3 is 2.79 bits per heavy atom. The topological polar surface area (TPSA) is 76.4 Å². The van der Waals surface area contributed by atoms with E-state index >= 15 is 0 Å². The van der Waals surface area contributed by atoms with Crippen molar-refractivity contribution in [2.24, 2.45) is 5.92 Å². The average molecular weight is 286 g/mol. The van der Waals surface area contributed by atoms with Crippen LogP contribution in [0.4, 0.5) is 0 Å². The van der Waals surface area contributed by atoms with Crippen LogP contribution in [0.1, 0.15) is 26.7 Å². The van der Waals surface area contributed by atoms with Crippen LogP contribution in [-0.4, -0.2) is 50.2 Å². The fraction of sp³-hybridized carbons (Fsp3) is 0.769. The summed E-state index contributed by atoms with van der Waals surface area (Å²) < 4.78 is 24.0. The van der Waals surface area contributed by atoms with E-state index in [0.717, 1.165) is 32.5 Å². The molecule has 2 saturated heterocycles. The van der Waals surface area contributed by atoms with Crippen LogP contribution in [0.25, 0.3) is 0 Å². The van der Waals surface area contributed by atoms with Crippen molar-refractivity contribution >= 4 is 15.6 Å². The number of ketones is 1. The fourth-order valence-electron chi connectivity index (χ4n) is 2.58. The summed E-state index contributed by atoms with van der Waals surface area (Å²) in [4.78, 5) is 13.4. The van der Waals surface area contributed by atoms with E-state index in [0.29, 0.717) is 5.92 Å². The van der Waals surface area contributed by atoms with Crippen molar-refractivity contribution < 1.29 is 13.2 Å². The summed E-state index contributed by atoms with van der Waals surface area (Å²) in [5.41, 5.74) is 0. The van der Waals surface area contributed by atoms with Gasteiger partial charge in [-0.05, 0) is 38.8 Å². The zero-order chi connectivity index (χ0) is 14.0. The molecule has 2 aliphatic heterocycles. The molecule has 0 saturated carbocycles. The molecule has 0 aromatic heterocycles. The van der Waals surface area contributed by atoms with Crippen molar-refractivity contribution in [1.82, 2.24) is 10.2 Å². The standard InChI is InChI=1S/C13H22N2O3S/c1-3-15-7-4-5-11(9-15)6-8-19(17,18)13-12(14-13)10(2)16/h6,8,11-14H,3-5,7,9H2,1-2H3/b8-6+. The number of nitrogens with zero attached hydrogens (tertiary/aromatic N) is 1. The van der Waals surface area contributed by atoms with Crippen molar-refractivity contribution in [3.63, 3.8) is 0 Å². The van der Waals surface area contributed by atoms with Crippen molar-refractivity contribution in [2.75, 3.05) is 19.6 Å². The molecule has 0 aromatic carbocycles. The number of Topliss-reactive ketones (excluding diaryl/α,β-unsaturated/α-hetero) is 1. The molecule has 0 amide bonds. The highest BCUT2D eigenvalue weighted by molar-refractivity contribution is 7.95. The highest BCUT2D eigenvalue weighted by Crippen LogP contribution is 2.22. The number of hydrogen-bond donors (Lipinski definition) is 1. The normalized spacial score (nSPS) is 32.6. The average Bonchev–Trinajstić information content (AvgIpc) is 3.18. The van der Waals surface area contributed by atoms with E-state index in [1.807, 2.05) is 0 Å². The lowest BCUT2D eigenvalue weighted by Crippen LogP contribution is -2.34. The lowest BCUT2D eigenvalue weighted by molar-refractivity contribution is -0.116. The van der Waals surface area contributed by atoms with Crippen LogP contribution in [0.5, 0.6) is 0 Å². The molecular formula is C13H22N2O3S. The van der Waals surface area contributed by atoms with E-state index in [1.54, 1.807) is 6.08 Å². The van der Waals surface area contributed by atoms with E-state index in [9.17, 15) is 13.2 Å². The molecule has 0 radical (unpaired) electrons. The Hall–Kier alpha value is -0.720. The molecule has 2 heterocycles. The Morgan fingerprint density at radius 1 is 1.47 bits per heavy atom. The molecule has 0 aliphatic carbocycles. The molecule has 2 rings (SSSR count). The summed E-state index contributed by atoms with van der Waals surface area (Å²) in [6.07, 6.45) is 3.95. The molecule has 2 fully saturated rings. The molecule has 19 heavy (non-hydrogen) atoms. The predicted octanol–water partition coefficient (Wildman–Crippen LogP) is 0.534. The number of nitrogens with one attached hydrogen (secondary N) is 1. The SMILES string of the molecule is CCN1CCCC(/C=C/S(=O)(=O)C2NC2C(C)=O)C1. The molecule has 108 valence electrons. The van der Waals surface area contributed by atoms with E-state index < -0.39 is 21.3 Å². The van der Waals surface area contributed by atoms with Crippen LogP contribution in [0.3, 0.4) is 0 Å². The quantitative estimate of drug-likeness (QED) is 0.746. The van der Waals surface area contributed by atoms with Gasteiger partial charge in [0.15, 0.2) is 9.84 Å². The summed E-state index contributed by atoms with van der Waals surface area (Å²) in [6, 6.07) is -0.506. The number of rotatable bonds is 5. The van der Waals surface area contributed by atoms with Crippen LogP contribution in [-0.2, 0) is 14.6 Å². The van der Waals surface area contributed by atoms with Crippen molar-refractivity contribution in [1.29, 1.82) is 0 Å². The van der Waals surface area contributed by atoms with E-state index in [1.165, 1.54) is 12.3 Å². The molecule has 0 aromatic rings. The van der Waals surface area contributed by atoms with Gasteiger partial charge in [-0.2, -0.15) is 0 Å². The first kappa shape index (κ1) is 14.7. The van der Waals surface area contributed by atoms with Crippen LogP contribution >= 0.6 is 0 Å². The summed E-state index contributed by atoms with van der Waals surface area (Å²) in [6.45, 7) is 6.57. The minimum Gasteiger partial charge on any atom is -0.303 e. The molecule has 3 unspecified atom stereocenters. The maximum absolute atomic E-state index is 12.0. The Labute approximate surface area is 115 Å². The summed E-state index contributed by atoms with van der Waals surface area (Å²) in [5, 5.41) is 3.32. The molecule has 0 spiro atoms. The van der Waals surface area contributed by atoms with Gasteiger partial charge in [-0.15, -0.1) is 0 Å². The van der Waals surface area contributed by atoms with Crippen molar-refractivity contribution in [2.45, 2.75) is 38.1 Å². The predicted molar refractivity (Wildman–Crippen MR) is 74.3 cm³/mol. The van der Waals surface area contributed by atoms with E-state index in [4.69, 9.17) is 0 Å². The first-order chi connectivity index (χ1) is 8.94. The zero-order valence-corrected chi connectivity index (χ0v) is 12.3. The molecular weight excluding hydrogens is 264 g/mol. The third-order valence-corrected chi connectivity index (χ3v) is 5.51. The smallest absolute Gasteiger partial charge is 0.189 e. The monoisotopic (exact) mass is 286 g/mol. The van der Waals surface area contributed by atoms with Gasteiger partial charge in [-0.25, -0.2) is 8.42 Å². The first-order valence-corrected chi connectivity index (χ1v) is 8.46. The van der Waals surface area contributed by atoms with Gasteiger partial charge in [0.1, 0.15) is 11.2 Å². The second-order valence-electron chi connectivity index (χ2n) is 5.39. The highest BCUT2D eigenvalue weighted by atomic mass is 32.2. The summed E-state index contributed by atoms with van der Waals surface area (Å²) in [7, 11) is -3.34. The maximum atomic E-state index is 12.0. The fourth-order valence-corrected chi connectivity index (χ4v) is 4.10. The Balaban J connectivity index is 1.93. The summed E-state index contributed by atoms with van der Waals surface area (Å²) >= 11 is 0. The van der Waals surface area contributed by atoms with Gasteiger partial charge in [-0.3, -0.25) is 10.1 Å². The summed E-state index contributed by atoms with van der Waals surface area (Å²) in [5.74, 6) is 0.190. The van der Waals surface area contributed by atoms with Crippen LogP contribution < -0.4 is 5.32 Å². The number of carbonyl (C=O) groups is 1. The van der Waals surface area contributed by atoms with Crippen LogP contribution in [0.15, 0.2) is 11.5 Å². The third kappa shape index (κ3) is 3.64. The Bertz CT molecular complexity index is 472. The highest BCUT2D eigenvalue weighted by Gasteiger charge is 2.48. The van der Waals surface area contributed by atoms with Crippen LogP contribution in [0.2, 0.25) is 0 Å². The zero-order valence-electron chi connectivity index (χ0n) is 11.5. The molecule has 6 heteroatoms. The largest absolute Gasteiger partial charge is 0.303 e. The molecule has 2 aliphatic rings. The molecule has 3 atom stereocenters. The van der Waals surface area contributed by atoms with Gasteiger partial charge in [-0.1, -0.05) is 13.0 Å². The molecule has 5 nitrogen and oxygen atoms in total. The van der Waals surface area contributed by atoms with Gasteiger partial charge < -0.3 is 4.90 Å². The second kappa shape index (κ2) is 5.73. The number of sulfone groups is 1. The number of carbonyl (C=O) groups excluding carboxylic acids is 1. The van der Waals surface area contributed by atoms with E-state index in [2.05, 4.69) is 17.1 Å². The Kier molecular flexibility index (Phi) is 4.43. The van der Waals surface area contributed by atoms with Gasteiger partial charge in [0.25, 0.3) is 0 Å². The van der Waals surface area contributed by atoms with Gasteiger partial charge in [0, 0.05) is 12.0 Å².